The lowest BCUT2D eigenvalue weighted by atomic mass is 10.2. The molecule has 78 valence electrons. The fourth-order valence-electron chi connectivity index (χ4n) is 0.643. The zero-order chi connectivity index (χ0) is 9.56. The number of aliphatic imine (C=N–C) groups is 1. The van der Waals surface area contributed by atoms with Gasteiger partial charge in [-0.1, -0.05) is 0 Å². The molecule has 0 aliphatic rings. The Hall–Kier alpha value is -1.01. The van der Waals surface area contributed by atoms with E-state index in [4.69, 9.17) is 22.3 Å². The Kier molecular flexibility index (Phi) is 8.52. The molecule has 0 unspecified atom stereocenters. The second kappa shape index (κ2) is 7.63. The van der Waals surface area contributed by atoms with Crippen molar-refractivity contribution in [2.45, 2.75) is 18.9 Å². The number of halogens is 1. The van der Waals surface area contributed by atoms with Crippen molar-refractivity contribution in [3.63, 3.8) is 0 Å². The second-order valence-electron chi connectivity index (χ2n) is 2.39. The molecule has 13 heavy (non-hydrogen) atoms. The van der Waals surface area contributed by atoms with Gasteiger partial charge in [-0.3, -0.25) is 9.79 Å². The molecule has 0 spiro atoms. The van der Waals surface area contributed by atoms with Crippen LogP contribution in [0.25, 0.3) is 0 Å². The van der Waals surface area contributed by atoms with Gasteiger partial charge in [0.15, 0.2) is 5.96 Å². The highest BCUT2D eigenvalue weighted by Gasteiger charge is 2.09. The number of guanidine groups is 1. The highest BCUT2D eigenvalue weighted by Crippen LogP contribution is 1.94. The van der Waals surface area contributed by atoms with Gasteiger partial charge >= 0.3 is 5.97 Å². The average Bonchev–Trinajstić information content (AvgIpc) is 1.97. The molecule has 0 bridgehead atoms. The van der Waals surface area contributed by atoms with E-state index >= 15 is 0 Å². The second-order valence-corrected chi connectivity index (χ2v) is 2.39. The van der Waals surface area contributed by atoms with Crippen LogP contribution in [0.4, 0.5) is 0 Å². The van der Waals surface area contributed by atoms with E-state index in [9.17, 15) is 4.79 Å². The van der Waals surface area contributed by atoms with Gasteiger partial charge in [0, 0.05) is 6.54 Å². The minimum atomic E-state index is -1.00. The van der Waals surface area contributed by atoms with Gasteiger partial charge in [0.25, 0.3) is 0 Å². The van der Waals surface area contributed by atoms with Gasteiger partial charge in [-0.2, -0.15) is 0 Å². The number of carboxylic acids is 1. The van der Waals surface area contributed by atoms with E-state index in [2.05, 4.69) is 4.99 Å². The summed E-state index contributed by atoms with van der Waals surface area (Å²) in [5, 5.41) is 8.38. The summed E-state index contributed by atoms with van der Waals surface area (Å²) in [7, 11) is 0. The number of hydrogen-bond donors (Lipinski definition) is 4. The van der Waals surface area contributed by atoms with Crippen LogP contribution in [0.3, 0.4) is 0 Å². The summed E-state index contributed by atoms with van der Waals surface area (Å²) in [6.45, 7) is 0.420. The predicted octanol–water partition coefficient (Wildman–Crippen LogP) is -1.13. The van der Waals surface area contributed by atoms with E-state index < -0.39 is 12.0 Å². The van der Waals surface area contributed by atoms with E-state index in [1.165, 1.54) is 0 Å². The summed E-state index contributed by atoms with van der Waals surface area (Å²) in [6.07, 6.45) is 0.956. The molecule has 0 aliphatic heterocycles. The van der Waals surface area contributed by atoms with E-state index in [1.54, 1.807) is 0 Å². The molecule has 0 rings (SSSR count). The summed E-state index contributed by atoms with van der Waals surface area (Å²) in [4.78, 5) is 13.9. The molecule has 0 aromatic rings. The first-order valence-corrected chi connectivity index (χ1v) is 3.58. The third-order valence-corrected chi connectivity index (χ3v) is 1.28. The number of carboxylic acid groups (broad SMARTS) is 1. The largest absolute Gasteiger partial charge is 0.480 e. The smallest absolute Gasteiger partial charge is 0.320 e. The van der Waals surface area contributed by atoms with Gasteiger partial charge in [0.2, 0.25) is 0 Å². The number of nitrogens with zero attached hydrogens (tertiary/aromatic N) is 1. The molecule has 0 radical (unpaired) electrons. The van der Waals surface area contributed by atoms with Crippen molar-refractivity contribution < 1.29 is 9.90 Å². The minimum Gasteiger partial charge on any atom is -0.480 e. The van der Waals surface area contributed by atoms with E-state index in [0.29, 0.717) is 19.4 Å². The lowest BCUT2D eigenvalue weighted by molar-refractivity contribution is -0.138. The van der Waals surface area contributed by atoms with Crippen LogP contribution in [-0.2, 0) is 4.79 Å². The molecule has 0 aliphatic carbocycles. The summed E-state index contributed by atoms with van der Waals surface area (Å²) in [5.41, 5.74) is 15.3. The van der Waals surface area contributed by atoms with Crippen molar-refractivity contribution in [1.82, 2.24) is 0 Å². The van der Waals surface area contributed by atoms with Gasteiger partial charge in [-0.15, -0.1) is 12.4 Å². The molecule has 0 heterocycles. The molecule has 0 fully saturated rings. The van der Waals surface area contributed by atoms with Crippen molar-refractivity contribution in [1.29, 1.82) is 0 Å². The van der Waals surface area contributed by atoms with E-state index in [1.807, 2.05) is 0 Å². The zero-order valence-corrected chi connectivity index (χ0v) is 7.96. The maximum Gasteiger partial charge on any atom is 0.320 e. The Labute approximate surface area is 82.6 Å². The summed E-state index contributed by atoms with van der Waals surface area (Å²) in [5.74, 6) is -0.987. The first-order chi connectivity index (χ1) is 5.54. The van der Waals surface area contributed by atoms with Crippen LogP contribution in [0.1, 0.15) is 12.8 Å². The molecule has 1 atom stereocenters. The number of hydrogen-bond acceptors (Lipinski definition) is 3. The van der Waals surface area contributed by atoms with Crippen LogP contribution in [0.2, 0.25) is 0 Å². The molecular weight excluding hydrogens is 197 g/mol. The van der Waals surface area contributed by atoms with Crippen LogP contribution >= 0.6 is 12.4 Å². The number of rotatable bonds is 5. The lowest BCUT2D eigenvalue weighted by Crippen LogP contribution is -2.30. The maximum absolute atomic E-state index is 10.2. The Morgan fingerprint density at radius 2 is 2.00 bits per heavy atom. The topological polar surface area (TPSA) is 128 Å². The summed E-state index contributed by atoms with van der Waals surface area (Å²) < 4.78 is 0. The molecule has 7 heteroatoms. The predicted molar refractivity (Wildman–Crippen MR) is 52.8 cm³/mol. The normalized spacial score (nSPS) is 11.2. The van der Waals surface area contributed by atoms with E-state index in [0.717, 1.165) is 0 Å². The molecule has 0 amide bonds. The van der Waals surface area contributed by atoms with Gasteiger partial charge < -0.3 is 22.3 Å². The zero-order valence-electron chi connectivity index (χ0n) is 7.14. The maximum atomic E-state index is 10.2. The first kappa shape index (κ1) is 14.5. The van der Waals surface area contributed by atoms with Gasteiger partial charge in [0.1, 0.15) is 6.04 Å². The molecule has 0 aromatic heterocycles. The third kappa shape index (κ3) is 8.90. The summed E-state index contributed by atoms with van der Waals surface area (Å²) in [6, 6.07) is -0.820. The summed E-state index contributed by atoms with van der Waals surface area (Å²) >= 11 is 0. The Balaban J connectivity index is 0. The Morgan fingerprint density at radius 1 is 1.46 bits per heavy atom. The average molecular weight is 212 g/mol. The van der Waals surface area contributed by atoms with Crippen LogP contribution < -0.4 is 17.2 Å². The van der Waals surface area contributed by atoms with Crippen molar-refractivity contribution in [2.75, 3.05) is 6.54 Å². The Morgan fingerprint density at radius 3 is 2.38 bits per heavy atom. The molecule has 0 aromatic carbocycles. The highest BCUT2D eigenvalue weighted by atomic mass is 35.5. The van der Waals surface area contributed by atoms with Crippen molar-refractivity contribution in [3.05, 3.63) is 0 Å². The SMILES string of the molecule is Cl.NC(N)=NCCC[C@H]([15NH2])C(=O)O. The monoisotopic (exact) mass is 211 g/mol. The number of nitrogens with two attached hydrogens (primary N) is 3. The third-order valence-electron chi connectivity index (χ3n) is 1.28. The molecule has 6 nitrogen and oxygen atoms in total. The quantitative estimate of drug-likeness (QED) is 0.198. The number of aliphatic carboxylic acids is 1. The molecule has 0 saturated carbocycles. The standard InChI is InChI=1S/C6H14N4O2.ClH/c7-4(5(11)12)2-1-3-10-6(8)9;/h4H,1-3,7H2,(H,11,12)(H4,8,9,10);1H/t4-;/m0./s1/i7+1;. The fourth-order valence-corrected chi connectivity index (χ4v) is 0.643. The van der Waals surface area contributed by atoms with Crippen molar-refractivity contribution in [2.24, 2.45) is 22.2 Å². The van der Waals surface area contributed by atoms with Gasteiger partial charge in [0.05, 0.1) is 0 Å². The molecule has 7 N–H and O–H groups in total. The highest BCUT2D eigenvalue weighted by molar-refractivity contribution is 5.85. The van der Waals surface area contributed by atoms with E-state index in [-0.39, 0.29) is 18.4 Å². The van der Waals surface area contributed by atoms with Crippen molar-refractivity contribution >= 4 is 24.3 Å². The van der Waals surface area contributed by atoms with Crippen LogP contribution in [0, 0.1) is 0 Å². The van der Waals surface area contributed by atoms with Crippen molar-refractivity contribution in [3.8, 4) is 0 Å². The molecular formula is C6H15ClN4O2. The van der Waals surface area contributed by atoms with Gasteiger partial charge in [-0.25, -0.2) is 0 Å². The Bertz CT molecular complexity index is 181. The van der Waals surface area contributed by atoms with Crippen LogP contribution in [0.15, 0.2) is 4.99 Å². The number of carbonyl (C=O) groups is 1. The molecule has 0 saturated heterocycles. The van der Waals surface area contributed by atoms with Crippen LogP contribution in [-0.4, -0.2) is 29.6 Å². The lowest BCUT2D eigenvalue weighted by Gasteiger charge is -2.03. The van der Waals surface area contributed by atoms with Gasteiger partial charge in [-0.05, 0) is 12.8 Å². The minimum absolute atomic E-state index is 0. The first-order valence-electron chi connectivity index (χ1n) is 3.58. The fraction of sp³-hybridized carbons (Fsp3) is 0.667. The van der Waals surface area contributed by atoms with Crippen LogP contribution in [0.5, 0.6) is 0 Å².